The predicted molar refractivity (Wildman–Crippen MR) is 112 cm³/mol. The summed E-state index contributed by atoms with van der Waals surface area (Å²) in [5, 5.41) is 12.9. The van der Waals surface area contributed by atoms with E-state index in [-0.39, 0.29) is 17.0 Å². The molecule has 0 aromatic heterocycles. The fourth-order valence-corrected chi connectivity index (χ4v) is 5.12. The van der Waals surface area contributed by atoms with Crippen LogP contribution in [0.2, 0.25) is 0 Å². The second kappa shape index (κ2) is 8.47. The number of nitrogens with zero attached hydrogens (tertiary/aromatic N) is 2. The lowest BCUT2D eigenvalue weighted by Gasteiger charge is -2.24. The van der Waals surface area contributed by atoms with Crippen LogP contribution in [0.4, 0.5) is 5.69 Å². The zero-order valence-electron chi connectivity index (χ0n) is 16.6. The number of aliphatic hydroxyl groups is 1. The Labute approximate surface area is 182 Å². The third kappa shape index (κ3) is 3.58. The van der Waals surface area contributed by atoms with Crippen molar-refractivity contribution in [3.05, 3.63) is 59.2 Å². The maximum Gasteiger partial charge on any atom is 0.316 e. The minimum Gasteiger partial charge on any atom is -1.00 e. The van der Waals surface area contributed by atoms with Crippen LogP contribution in [-0.4, -0.2) is 40.3 Å². The van der Waals surface area contributed by atoms with Crippen LogP contribution in [0.3, 0.4) is 0 Å². The highest BCUT2D eigenvalue weighted by molar-refractivity contribution is 8.13. The molecule has 28 heavy (non-hydrogen) atoms. The molecule has 0 aliphatic carbocycles. The van der Waals surface area contributed by atoms with Gasteiger partial charge >= 0.3 is 5.17 Å². The van der Waals surface area contributed by atoms with Gasteiger partial charge in [0.1, 0.15) is 11.4 Å². The standard InChI is InChI=1S/C22H27N2O2S.BrH/c1-4-26-19-11-9-18(10-12-19)22(25)15-23(21-24(22)13-6-14-27-21)20-8-5-7-16(2)17(20)3;/h5,7-12,25H,4,6,13-15H2,1-3H3;1H/q+1;/p-1. The van der Waals surface area contributed by atoms with Crippen molar-refractivity contribution in [1.82, 2.24) is 0 Å². The maximum absolute atomic E-state index is 11.8. The molecule has 1 atom stereocenters. The molecule has 2 heterocycles. The van der Waals surface area contributed by atoms with E-state index in [1.807, 2.05) is 43.0 Å². The molecular formula is C22H27BrN2O2S. The van der Waals surface area contributed by atoms with Gasteiger partial charge in [-0.2, -0.15) is 0 Å². The number of anilines is 1. The monoisotopic (exact) mass is 462 g/mol. The minimum atomic E-state index is -1.02. The lowest BCUT2D eigenvalue weighted by atomic mass is 10.0. The van der Waals surface area contributed by atoms with E-state index < -0.39 is 5.72 Å². The van der Waals surface area contributed by atoms with Gasteiger partial charge in [0.15, 0.2) is 6.54 Å². The lowest BCUT2D eigenvalue weighted by Crippen LogP contribution is -3.00. The number of hydrogen-bond acceptors (Lipinski definition) is 4. The summed E-state index contributed by atoms with van der Waals surface area (Å²) in [5.41, 5.74) is 3.62. The molecule has 0 saturated heterocycles. The van der Waals surface area contributed by atoms with Gasteiger partial charge in [-0.05, 0) is 80.4 Å². The smallest absolute Gasteiger partial charge is 0.316 e. The zero-order chi connectivity index (χ0) is 19.0. The summed E-state index contributed by atoms with van der Waals surface area (Å²) < 4.78 is 7.75. The van der Waals surface area contributed by atoms with Gasteiger partial charge in [-0.1, -0.05) is 12.1 Å². The van der Waals surface area contributed by atoms with Gasteiger partial charge in [0, 0.05) is 11.3 Å². The number of halogens is 1. The van der Waals surface area contributed by atoms with Crippen molar-refractivity contribution < 1.29 is 31.4 Å². The van der Waals surface area contributed by atoms with E-state index in [1.165, 1.54) is 16.8 Å². The largest absolute Gasteiger partial charge is 1.00 e. The van der Waals surface area contributed by atoms with E-state index in [9.17, 15) is 5.11 Å². The second-order valence-electron chi connectivity index (χ2n) is 7.22. The number of ether oxygens (including phenoxy) is 1. The fourth-order valence-electron chi connectivity index (χ4n) is 3.95. The molecule has 4 nitrogen and oxygen atoms in total. The van der Waals surface area contributed by atoms with Crippen LogP contribution in [0, 0.1) is 13.8 Å². The Morgan fingerprint density at radius 3 is 2.64 bits per heavy atom. The molecule has 0 amide bonds. The van der Waals surface area contributed by atoms with Gasteiger partial charge < -0.3 is 26.8 Å². The highest BCUT2D eigenvalue weighted by Crippen LogP contribution is 2.39. The van der Waals surface area contributed by atoms with Crippen LogP contribution in [0.5, 0.6) is 5.75 Å². The normalized spacial score (nSPS) is 21.4. The highest BCUT2D eigenvalue weighted by atomic mass is 79.9. The third-order valence-electron chi connectivity index (χ3n) is 5.54. The average molecular weight is 463 g/mol. The highest BCUT2D eigenvalue weighted by Gasteiger charge is 2.53. The molecule has 0 bridgehead atoms. The summed E-state index contributed by atoms with van der Waals surface area (Å²) in [6, 6.07) is 14.3. The van der Waals surface area contributed by atoms with E-state index in [1.54, 1.807) is 0 Å². The molecule has 0 saturated carbocycles. The summed E-state index contributed by atoms with van der Waals surface area (Å²) in [5.74, 6) is 1.93. The number of hydrogen-bond donors (Lipinski definition) is 1. The van der Waals surface area contributed by atoms with E-state index in [2.05, 4.69) is 41.5 Å². The van der Waals surface area contributed by atoms with Crippen LogP contribution in [-0.2, 0) is 5.72 Å². The number of amidine groups is 1. The van der Waals surface area contributed by atoms with Gasteiger partial charge in [0.25, 0.3) is 5.72 Å². The Morgan fingerprint density at radius 1 is 1.18 bits per heavy atom. The first-order chi connectivity index (χ1) is 13.0. The van der Waals surface area contributed by atoms with Crippen LogP contribution < -0.4 is 26.6 Å². The molecule has 2 aliphatic rings. The van der Waals surface area contributed by atoms with Crippen molar-refractivity contribution in [2.24, 2.45) is 0 Å². The molecule has 0 fully saturated rings. The minimum absolute atomic E-state index is 0. The molecule has 0 spiro atoms. The van der Waals surface area contributed by atoms with Crippen LogP contribution in [0.1, 0.15) is 30.0 Å². The SMILES string of the molecule is CCOc1ccc(C2(O)CN(c3cccc(C)c3C)C3=[N+]2CCCS3)cc1.[Br-]. The number of aryl methyl sites for hydroxylation is 1. The first kappa shape index (κ1) is 21.2. The van der Waals surface area contributed by atoms with Gasteiger partial charge in [-0.3, -0.25) is 0 Å². The number of benzene rings is 2. The van der Waals surface area contributed by atoms with Gasteiger partial charge in [0.05, 0.1) is 13.2 Å². The van der Waals surface area contributed by atoms with Crippen molar-refractivity contribution >= 4 is 22.6 Å². The van der Waals surface area contributed by atoms with Crippen LogP contribution >= 0.6 is 11.8 Å². The molecule has 4 rings (SSSR count). The number of β-amino-alcohol motifs (C(OH)–C–C–N with tert-alkyl or cyclic N) is 1. The van der Waals surface area contributed by atoms with Crippen LogP contribution in [0.15, 0.2) is 42.5 Å². The summed E-state index contributed by atoms with van der Waals surface area (Å²) in [4.78, 5) is 2.29. The summed E-state index contributed by atoms with van der Waals surface area (Å²) in [6.45, 7) is 8.33. The number of thioether (sulfide) groups is 1. The zero-order valence-corrected chi connectivity index (χ0v) is 19.0. The van der Waals surface area contributed by atoms with Crippen molar-refractivity contribution in [1.29, 1.82) is 0 Å². The van der Waals surface area contributed by atoms with Gasteiger partial charge in [0.2, 0.25) is 0 Å². The molecule has 2 aliphatic heterocycles. The molecular weight excluding hydrogens is 436 g/mol. The first-order valence-electron chi connectivity index (χ1n) is 9.61. The fraction of sp³-hybridized carbons (Fsp3) is 0.409. The van der Waals surface area contributed by atoms with E-state index in [0.717, 1.165) is 35.2 Å². The van der Waals surface area contributed by atoms with Crippen molar-refractivity contribution in [3.63, 3.8) is 0 Å². The van der Waals surface area contributed by atoms with Crippen molar-refractivity contribution in [2.75, 3.05) is 30.3 Å². The maximum atomic E-state index is 11.8. The topological polar surface area (TPSA) is 35.7 Å². The molecule has 1 N–H and O–H groups in total. The van der Waals surface area contributed by atoms with Crippen molar-refractivity contribution in [2.45, 2.75) is 32.9 Å². The van der Waals surface area contributed by atoms with E-state index >= 15 is 0 Å². The van der Waals surface area contributed by atoms with E-state index in [0.29, 0.717) is 13.2 Å². The predicted octanol–water partition coefficient (Wildman–Crippen LogP) is 0.877. The quantitative estimate of drug-likeness (QED) is 0.684. The van der Waals surface area contributed by atoms with E-state index in [4.69, 9.17) is 4.74 Å². The molecule has 6 heteroatoms. The Balaban J connectivity index is 0.00000225. The summed E-state index contributed by atoms with van der Waals surface area (Å²) in [7, 11) is 0. The molecule has 2 aromatic rings. The average Bonchev–Trinajstić information content (AvgIpc) is 2.99. The third-order valence-corrected chi connectivity index (χ3v) is 6.73. The Hall–Kier alpha value is -1.50. The Kier molecular flexibility index (Phi) is 6.42. The second-order valence-corrected chi connectivity index (χ2v) is 8.28. The molecule has 0 radical (unpaired) electrons. The Morgan fingerprint density at radius 2 is 1.93 bits per heavy atom. The summed E-state index contributed by atoms with van der Waals surface area (Å²) >= 11 is 1.84. The molecule has 1 unspecified atom stereocenters. The number of rotatable bonds is 4. The molecule has 150 valence electrons. The van der Waals surface area contributed by atoms with Gasteiger partial charge in [-0.25, -0.2) is 9.48 Å². The Bertz CT molecular complexity index is 885. The van der Waals surface area contributed by atoms with Crippen molar-refractivity contribution in [3.8, 4) is 5.75 Å². The molecule has 2 aromatic carbocycles. The first-order valence-corrected chi connectivity index (χ1v) is 10.6. The lowest BCUT2D eigenvalue weighted by molar-refractivity contribution is -0.656. The summed E-state index contributed by atoms with van der Waals surface area (Å²) in [6.07, 6.45) is 1.08. The van der Waals surface area contributed by atoms with Crippen LogP contribution in [0.25, 0.3) is 0 Å². The van der Waals surface area contributed by atoms with Gasteiger partial charge in [-0.15, -0.1) is 0 Å².